The number of likely N-dealkylation sites (N-methyl/N-ethyl adjacent to an activating group) is 1. The summed E-state index contributed by atoms with van der Waals surface area (Å²) in [6, 6.07) is 7.84. The molecule has 1 saturated heterocycles. The topological polar surface area (TPSA) is 49.4 Å². The summed E-state index contributed by atoms with van der Waals surface area (Å²) in [6.45, 7) is 4.61. The van der Waals surface area contributed by atoms with Crippen LogP contribution in [0.25, 0.3) is 0 Å². The van der Waals surface area contributed by atoms with E-state index < -0.39 is 9.84 Å². The quantitative estimate of drug-likeness (QED) is 0.861. The van der Waals surface area contributed by atoms with Crippen molar-refractivity contribution < 1.29 is 8.42 Å². The fraction of sp³-hybridized carbons (Fsp3) is 0.538. The van der Waals surface area contributed by atoms with E-state index in [9.17, 15) is 8.42 Å². The van der Waals surface area contributed by atoms with Gasteiger partial charge in [-0.2, -0.15) is 0 Å². The lowest BCUT2D eigenvalue weighted by Crippen LogP contribution is -2.55. The van der Waals surface area contributed by atoms with Gasteiger partial charge in [-0.15, -0.1) is 0 Å². The van der Waals surface area contributed by atoms with Gasteiger partial charge in [-0.3, -0.25) is 4.90 Å². The predicted molar refractivity (Wildman–Crippen MR) is 72.3 cm³/mol. The molecule has 0 spiro atoms. The highest BCUT2D eigenvalue weighted by atomic mass is 32.2. The SMILES string of the molecule is CCS(=O)(=O)c1ccc(CN(C)C2CNC2)cc1. The monoisotopic (exact) mass is 268 g/mol. The summed E-state index contributed by atoms with van der Waals surface area (Å²) >= 11 is 0. The van der Waals surface area contributed by atoms with Crippen LogP contribution in [-0.4, -0.2) is 45.2 Å². The summed E-state index contributed by atoms with van der Waals surface area (Å²) in [5.41, 5.74) is 1.15. The van der Waals surface area contributed by atoms with Crippen molar-refractivity contribution in [1.29, 1.82) is 0 Å². The van der Waals surface area contributed by atoms with Crippen LogP contribution >= 0.6 is 0 Å². The third kappa shape index (κ3) is 2.91. The molecule has 100 valence electrons. The van der Waals surface area contributed by atoms with Crippen molar-refractivity contribution >= 4 is 9.84 Å². The van der Waals surface area contributed by atoms with E-state index in [4.69, 9.17) is 0 Å². The van der Waals surface area contributed by atoms with Gasteiger partial charge in [0.25, 0.3) is 0 Å². The van der Waals surface area contributed by atoms with Gasteiger partial charge in [-0.05, 0) is 24.7 Å². The number of rotatable bonds is 5. The number of nitrogens with one attached hydrogen (secondary N) is 1. The molecule has 0 aromatic heterocycles. The van der Waals surface area contributed by atoms with Crippen molar-refractivity contribution in [3.63, 3.8) is 0 Å². The van der Waals surface area contributed by atoms with Crippen LogP contribution in [0.2, 0.25) is 0 Å². The second-order valence-electron chi connectivity index (χ2n) is 4.77. The molecule has 1 aliphatic rings. The van der Waals surface area contributed by atoms with Crippen LogP contribution in [0.1, 0.15) is 12.5 Å². The fourth-order valence-electron chi connectivity index (χ4n) is 1.97. The minimum atomic E-state index is -3.08. The van der Waals surface area contributed by atoms with E-state index in [2.05, 4.69) is 17.3 Å². The van der Waals surface area contributed by atoms with Crippen molar-refractivity contribution in [2.45, 2.75) is 24.4 Å². The molecule has 1 fully saturated rings. The number of hydrogen-bond acceptors (Lipinski definition) is 4. The lowest BCUT2D eigenvalue weighted by atomic mass is 10.1. The largest absolute Gasteiger partial charge is 0.314 e. The first-order chi connectivity index (χ1) is 8.53. The third-order valence-corrected chi connectivity index (χ3v) is 5.23. The Labute approximate surface area is 109 Å². The molecule has 5 heteroatoms. The highest BCUT2D eigenvalue weighted by Crippen LogP contribution is 2.14. The Morgan fingerprint density at radius 3 is 2.33 bits per heavy atom. The Kier molecular flexibility index (Phi) is 4.04. The zero-order chi connectivity index (χ0) is 13.2. The first-order valence-electron chi connectivity index (χ1n) is 6.25. The molecule has 1 aromatic rings. The molecule has 0 atom stereocenters. The molecule has 4 nitrogen and oxygen atoms in total. The summed E-state index contributed by atoms with van der Waals surface area (Å²) in [5, 5.41) is 3.24. The van der Waals surface area contributed by atoms with Crippen molar-refractivity contribution in [1.82, 2.24) is 10.2 Å². The van der Waals surface area contributed by atoms with Crippen molar-refractivity contribution in [3.05, 3.63) is 29.8 Å². The second-order valence-corrected chi connectivity index (χ2v) is 7.05. The van der Waals surface area contributed by atoms with Gasteiger partial charge in [-0.25, -0.2) is 8.42 Å². The second kappa shape index (κ2) is 5.38. The molecule has 1 N–H and O–H groups in total. The Morgan fingerprint density at radius 1 is 1.28 bits per heavy atom. The minimum absolute atomic E-state index is 0.153. The molecule has 0 radical (unpaired) electrons. The number of hydrogen-bond donors (Lipinski definition) is 1. The van der Waals surface area contributed by atoms with Gasteiger partial charge in [0, 0.05) is 25.7 Å². The molecule has 18 heavy (non-hydrogen) atoms. The number of nitrogens with zero attached hydrogens (tertiary/aromatic N) is 1. The molecule has 1 heterocycles. The summed E-state index contributed by atoms with van der Waals surface area (Å²) in [5.74, 6) is 0.153. The Bertz CT molecular complexity index is 492. The van der Waals surface area contributed by atoms with Crippen LogP contribution in [0.15, 0.2) is 29.2 Å². The van der Waals surface area contributed by atoms with E-state index in [-0.39, 0.29) is 5.75 Å². The normalized spacial score (nSPS) is 16.8. The van der Waals surface area contributed by atoms with Crippen LogP contribution in [-0.2, 0) is 16.4 Å². The molecule has 0 saturated carbocycles. The smallest absolute Gasteiger partial charge is 0.178 e. The fourth-order valence-corrected chi connectivity index (χ4v) is 2.86. The van der Waals surface area contributed by atoms with Crippen LogP contribution in [0.3, 0.4) is 0 Å². The van der Waals surface area contributed by atoms with Crippen molar-refractivity contribution in [2.75, 3.05) is 25.9 Å². The number of benzene rings is 1. The highest BCUT2D eigenvalue weighted by molar-refractivity contribution is 7.91. The molecule has 0 bridgehead atoms. The Balaban J connectivity index is 2.03. The summed E-state index contributed by atoms with van der Waals surface area (Å²) in [4.78, 5) is 2.71. The van der Waals surface area contributed by atoms with Crippen LogP contribution < -0.4 is 5.32 Å². The lowest BCUT2D eigenvalue weighted by Gasteiger charge is -2.35. The van der Waals surface area contributed by atoms with Gasteiger partial charge >= 0.3 is 0 Å². The zero-order valence-corrected chi connectivity index (χ0v) is 11.7. The highest BCUT2D eigenvalue weighted by Gasteiger charge is 2.21. The average Bonchev–Trinajstić information content (AvgIpc) is 2.27. The lowest BCUT2D eigenvalue weighted by molar-refractivity contribution is 0.173. The molecule has 2 rings (SSSR count). The van der Waals surface area contributed by atoms with E-state index in [0.29, 0.717) is 10.9 Å². The zero-order valence-electron chi connectivity index (χ0n) is 10.9. The van der Waals surface area contributed by atoms with Crippen LogP contribution in [0, 0.1) is 0 Å². The summed E-state index contributed by atoms with van der Waals surface area (Å²) in [7, 11) is -0.977. The van der Waals surface area contributed by atoms with Gasteiger partial charge in [0.15, 0.2) is 9.84 Å². The van der Waals surface area contributed by atoms with E-state index in [0.717, 1.165) is 25.2 Å². The Morgan fingerprint density at radius 2 is 1.89 bits per heavy atom. The van der Waals surface area contributed by atoms with E-state index >= 15 is 0 Å². The maximum Gasteiger partial charge on any atom is 0.178 e. The van der Waals surface area contributed by atoms with Crippen LogP contribution in [0.5, 0.6) is 0 Å². The minimum Gasteiger partial charge on any atom is -0.314 e. The third-order valence-electron chi connectivity index (χ3n) is 3.48. The average molecular weight is 268 g/mol. The number of sulfone groups is 1. The maximum atomic E-state index is 11.7. The summed E-state index contributed by atoms with van der Waals surface area (Å²) < 4.78 is 23.4. The van der Waals surface area contributed by atoms with E-state index in [1.165, 1.54) is 0 Å². The van der Waals surface area contributed by atoms with Gasteiger partial charge in [-0.1, -0.05) is 19.1 Å². The van der Waals surface area contributed by atoms with Gasteiger partial charge in [0.2, 0.25) is 0 Å². The molecule has 0 amide bonds. The van der Waals surface area contributed by atoms with E-state index in [1.54, 1.807) is 19.1 Å². The molecule has 0 unspecified atom stereocenters. The summed E-state index contributed by atoms with van der Waals surface area (Å²) in [6.07, 6.45) is 0. The van der Waals surface area contributed by atoms with Gasteiger partial charge in [0.05, 0.1) is 10.6 Å². The van der Waals surface area contributed by atoms with Crippen LogP contribution in [0.4, 0.5) is 0 Å². The first kappa shape index (κ1) is 13.5. The molecule has 1 aromatic carbocycles. The first-order valence-corrected chi connectivity index (χ1v) is 7.91. The van der Waals surface area contributed by atoms with E-state index in [1.807, 2.05) is 12.1 Å². The molecule has 1 aliphatic heterocycles. The maximum absolute atomic E-state index is 11.7. The molecular weight excluding hydrogens is 248 g/mol. The molecular formula is C13H20N2O2S. The van der Waals surface area contributed by atoms with Gasteiger partial charge in [0.1, 0.15) is 0 Å². The molecule has 0 aliphatic carbocycles. The predicted octanol–water partition coefficient (Wildman–Crippen LogP) is 0.884. The van der Waals surface area contributed by atoms with Crippen molar-refractivity contribution in [2.24, 2.45) is 0 Å². The van der Waals surface area contributed by atoms with Crippen molar-refractivity contribution in [3.8, 4) is 0 Å². The standard InChI is InChI=1S/C13H20N2O2S/c1-3-18(16,17)13-6-4-11(5-7-13)10-15(2)12-8-14-9-12/h4-7,12,14H,3,8-10H2,1-2H3. The Hall–Kier alpha value is -0.910. The van der Waals surface area contributed by atoms with Gasteiger partial charge < -0.3 is 5.32 Å².